The van der Waals surface area contributed by atoms with Crippen LogP contribution in [0.1, 0.15) is 31.9 Å². The molecule has 2 nitrogen and oxygen atoms in total. The number of halogens is 2. The molecule has 2 aromatic rings. The third-order valence-electron chi connectivity index (χ3n) is 3.49. The first-order valence-corrected chi connectivity index (χ1v) is 8.45. The third-order valence-corrected chi connectivity index (χ3v) is 5.22. The molecule has 1 aliphatic heterocycles. The first-order valence-electron chi connectivity index (χ1n) is 6.46. The molecular formula is C16H13BrINO. The van der Waals surface area contributed by atoms with Crippen LogP contribution in [0.25, 0.3) is 0 Å². The Morgan fingerprint density at radius 2 is 1.95 bits per heavy atom. The number of hydrogen-bond donors (Lipinski definition) is 1. The van der Waals surface area contributed by atoms with Gasteiger partial charge in [0.25, 0.3) is 5.91 Å². The minimum atomic E-state index is 0.0374. The van der Waals surface area contributed by atoms with Gasteiger partial charge in [-0.05, 0) is 63.9 Å². The lowest BCUT2D eigenvalue weighted by Gasteiger charge is -2.19. The van der Waals surface area contributed by atoms with E-state index in [-0.39, 0.29) is 10.7 Å². The molecule has 0 aliphatic carbocycles. The maximum absolute atomic E-state index is 11.9. The van der Waals surface area contributed by atoms with E-state index in [2.05, 4.69) is 80.2 Å². The normalized spacial score (nSPS) is 15.4. The Hall–Kier alpha value is -0.880. The smallest absolute Gasteiger partial charge is 0.251 e. The van der Waals surface area contributed by atoms with E-state index < -0.39 is 0 Å². The van der Waals surface area contributed by atoms with Gasteiger partial charge in [-0.25, -0.2) is 0 Å². The van der Waals surface area contributed by atoms with E-state index in [0.717, 1.165) is 29.7 Å². The summed E-state index contributed by atoms with van der Waals surface area (Å²) in [6.07, 6.45) is 0.914. The van der Waals surface area contributed by atoms with Gasteiger partial charge in [-0.1, -0.05) is 40.2 Å². The summed E-state index contributed by atoms with van der Waals surface area (Å²) in [5.74, 6) is 0.0374. The molecule has 0 saturated heterocycles. The number of carbonyl (C=O) groups excluding carboxylic acids is 1. The molecule has 2 aromatic carbocycles. The number of carbonyl (C=O) groups is 1. The average molecular weight is 442 g/mol. The van der Waals surface area contributed by atoms with Crippen LogP contribution in [0.4, 0.5) is 0 Å². The maximum Gasteiger partial charge on any atom is 0.251 e. The molecule has 1 N–H and O–H groups in total. The Morgan fingerprint density at radius 3 is 2.75 bits per heavy atom. The van der Waals surface area contributed by atoms with Gasteiger partial charge in [0.2, 0.25) is 0 Å². The molecule has 0 bridgehead atoms. The number of benzene rings is 2. The Kier molecular flexibility index (Phi) is 4.12. The van der Waals surface area contributed by atoms with Crippen molar-refractivity contribution in [3.05, 3.63) is 68.3 Å². The zero-order valence-corrected chi connectivity index (χ0v) is 14.4. The summed E-state index contributed by atoms with van der Waals surface area (Å²) in [6, 6.07) is 14.6. The molecule has 1 aliphatic rings. The number of rotatable bonds is 2. The van der Waals surface area contributed by atoms with Crippen LogP contribution in [0.5, 0.6) is 0 Å². The second kappa shape index (κ2) is 5.85. The second-order valence-electron chi connectivity index (χ2n) is 4.84. The molecule has 3 rings (SSSR count). The predicted octanol–water partition coefficient (Wildman–Crippen LogP) is 4.06. The van der Waals surface area contributed by atoms with E-state index in [1.165, 1.54) is 9.13 Å². The molecule has 1 heterocycles. The molecule has 0 radical (unpaired) electrons. The van der Waals surface area contributed by atoms with Crippen LogP contribution in [-0.2, 0) is 6.42 Å². The summed E-state index contributed by atoms with van der Waals surface area (Å²) in [6.45, 7) is 0.736. The SMILES string of the molecule is O=C1NCCc2ccc(C(Br)c3cccc(I)c3)cc21. The van der Waals surface area contributed by atoms with Crippen molar-refractivity contribution >= 4 is 44.4 Å². The van der Waals surface area contributed by atoms with E-state index in [1.54, 1.807) is 0 Å². The van der Waals surface area contributed by atoms with Crippen molar-refractivity contribution in [1.82, 2.24) is 5.32 Å². The lowest BCUT2D eigenvalue weighted by molar-refractivity contribution is 0.0946. The van der Waals surface area contributed by atoms with E-state index in [1.807, 2.05) is 6.07 Å². The fraction of sp³-hybridized carbons (Fsp3) is 0.188. The monoisotopic (exact) mass is 441 g/mol. The highest BCUT2D eigenvalue weighted by atomic mass is 127. The highest BCUT2D eigenvalue weighted by Gasteiger charge is 2.19. The molecular weight excluding hydrogens is 429 g/mol. The van der Waals surface area contributed by atoms with Gasteiger partial charge in [0.05, 0.1) is 4.83 Å². The van der Waals surface area contributed by atoms with Crippen LogP contribution < -0.4 is 5.32 Å². The topological polar surface area (TPSA) is 29.1 Å². The average Bonchev–Trinajstić information content (AvgIpc) is 2.47. The van der Waals surface area contributed by atoms with Crippen LogP contribution in [0.15, 0.2) is 42.5 Å². The van der Waals surface area contributed by atoms with Crippen molar-refractivity contribution in [2.75, 3.05) is 6.54 Å². The highest BCUT2D eigenvalue weighted by Crippen LogP contribution is 2.33. The van der Waals surface area contributed by atoms with E-state index in [0.29, 0.717) is 0 Å². The molecule has 0 spiro atoms. The zero-order chi connectivity index (χ0) is 14.1. The maximum atomic E-state index is 11.9. The summed E-state index contributed by atoms with van der Waals surface area (Å²) in [4.78, 5) is 12.0. The van der Waals surface area contributed by atoms with Crippen molar-refractivity contribution in [3.8, 4) is 0 Å². The van der Waals surface area contributed by atoms with Crippen LogP contribution in [0.3, 0.4) is 0 Å². The van der Waals surface area contributed by atoms with Crippen molar-refractivity contribution in [2.45, 2.75) is 11.2 Å². The summed E-state index contributed by atoms with van der Waals surface area (Å²) in [7, 11) is 0. The lowest BCUT2D eigenvalue weighted by Crippen LogP contribution is -2.31. The lowest BCUT2D eigenvalue weighted by atomic mass is 9.95. The first kappa shape index (κ1) is 14.1. The number of hydrogen-bond acceptors (Lipinski definition) is 1. The minimum Gasteiger partial charge on any atom is -0.352 e. The molecule has 102 valence electrons. The Bertz CT molecular complexity index is 671. The van der Waals surface area contributed by atoms with E-state index in [4.69, 9.17) is 0 Å². The molecule has 1 amide bonds. The van der Waals surface area contributed by atoms with E-state index >= 15 is 0 Å². The second-order valence-corrected chi connectivity index (χ2v) is 7.00. The number of fused-ring (bicyclic) bond motifs is 1. The predicted molar refractivity (Wildman–Crippen MR) is 92.4 cm³/mol. The van der Waals surface area contributed by atoms with Gasteiger partial charge in [0.15, 0.2) is 0 Å². The van der Waals surface area contributed by atoms with Gasteiger partial charge in [-0.15, -0.1) is 0 Å². The molecule has 1 unspecified atom stereocenters. The van der Waals surface area contributed by atoms with Gasteiger partial charge in [0, 0.05) is 15.7 Å². The number of alkyl halides is 1. The molecule has 20 heavy (non-hydrogen) atoms. The molecule has 0 saturated carbocycles. The quantitative estimate of drug-likeness (QED) is 0.552. The van der Waals surface area contributed by atoms with Crippen LogP contribution in [0.2, 0.25) is 0 Å². The van der Waals surface area contributed by atoms with Crippen molar-refractivity contribution in [3.63, 3.8) is 0 Å². The van der Waals surface area contributed by atoms with Gasteiger partial charge < -0.3 is 5.32 Å². The Morgan fingerprint density at radius 1 is 1.15 bits per heavy atom. The van der Waals surface area contributed by atoms with Crippen molar-refractivity contribution < 1.29 is 4.79 Å². The van der Waals surface area contributed by atoms with E-state index in [9.17, 15) is 4.79 Å². The summed E-state index contributed by atoms with van der Waals surface area (Å²) < 4.78 is 1.21. The van der Waals surface area contributed by atoms with Gasteiger partial charge in [-0.3, -0.25) is 4.79 Å². The third kappa shape index (κ3) is 2.76. The van der Waals surface area contributed by atoms with Crippen LogP contribution in [-0.4, -0.2) is 12.5 Å². The minimum absolute atomic E-state index is 0.0374. The molecule has 0 fully saturated rings. The summed E-state index contributed by atoms with van der Waals surface area (Å²) >= 11 is 6.05. The summed E-state index contributed by atoms with van der Waals surface area (Å²) in [5, 5.41) is 2.90. The molecule has 1 atom stereocenters. The number of amides is 1. The van der Waals surface area contributed by atoms with Crippen LogP contribution >= 0.6 is 38.5 Å². The standard InChI is InChI=1S/C16H13BrINO/c17-15(11-2-1-3-13(18)8-11)12-5-4-10-6-7-19-16(20)14(10)9-12/h1-5,8-9,15H,6-7H2,(H,19,20). The van der Waals surface area contributed by atoms with Crippen molar-refractivity contribution in [2.24, 2.45) is 0 Å². The fourth-order valence-corrected chi connectivity index (χ4v) is 3.58. The number of nitrogens with one attached hydrogen (secondary N) is 1. The van der Waals surface area contributed by atoms with Crippen LogP contribution in [0, 0.1) is 3.57 Å². The first-order chi connectivity index (χ1) is 9.65. The Labute approximate surface area is 140 Å². The highest BCUT2D eigenvalue weighted by molar-refractivity contribution is 14.1. The van der Waals surface area contributed by atoms with Gasteiger partial charge >= 0.3 is 0 Å². The molecule has 0 aromatic heterocycles. The zero-order valence-electron chi connectivity index (χ0n) is 10.7. The van der Waals surface area contributed by atoms with Gasteiger partial charge in [0.1, 0.15) is 0 Å². The molecule has 4 heteroatoms. The fourth-order valence-electron chi connectivity index (χ4n) is 2.44. The van der Waals surface area contributed by atoms with Gasteiger partial charge in [-0.2, -0.15) is 0 Å². The largest absolute Gasteiger partial charge is 0.352 e. The van der Waals surface area contributed by atoms with Crippen molar-refractivity contribution in [1.29, 1.82) is 0 Å². The Balaban J connectivity index is 1.98. The summed E-state index contributed by atoms with van der Waals surface area (Å²) in [5.41, 5.74) is 4.26.